The molecule has 0 radical (unpaired) electrons. The number of para-hydroxylation sites is 1. The highest BCUT2D eigenvalue weighted by Crippen LogP contribution is 2.25. The van der Waals surface area contributed by atoms with E-state index in [0.717, 1.165) is 0 Å². The zero-order chi connectivity index (χ0) is 18.7. The van der Waals surface area contributed by atoms with Crippen LogP contribution in [0, 0.1) is 0 Å². The van der Waals surface area contributed by atoms with Gasteiger partial charge in [0.05, 0.1) is 21.4 Å². The van der Waals surface area contributed by atoms with E-state index in [9.17, 15) is 9.59 Å². The fourth-order valence-electron chi connectivity index (χ4n) is 2.15. The third-order valence-electron chi connectivity index (χ3n) is 3.37. The average molecular weight is 391 g/mol. The van der Waals surface area contributed by atoms with Crippen LogP contribution >= 0.6 is 23.2 Å². The lowest BCUT2D eigenvalue weighted by Gasteiger charge is -2.10. The van der Waals surface area contributed by atoms with Gasteiger partial charge in [0.25, 0.3) is 0 Å². The maximum atomic E-state index is 12.4. The lowest BCUT2D eigenvalue weighted by Crippen LogP contribution is -2.27. The molecule has 132 valence electrons. The van der Waals surface area contributed by atoms with Crippen LogP contribution < -0.4 is 10.3 Å². The second-order valence-electron chi connectivity index (χ2n) is 5.21. The number of hydrogen-bond acceptors (Lipinski definition) is 5. The Balaban J connectivity index is 1.68. The van der Waals surface area contributed by atoms with Crippen molar-refractivity contribution in [1.82, 2.24) is 0 Å². The number of hydrogen-bond donors (Lipinski definition) is 1. The molecule has 1 aliphatic rings. The Kier molecular flexibility index (Phi) is 5.20. The highest BCUT2D eigenvalue weighted by Gasteiger charge is 2.31. The van der Waals surface area contributed by atoms with Gasteiger partial charge in [0.15, 0.2) is 5.71 Å². The summed E-state index contributed by atoms with van der Waals surface area (Å²) >= 11 is 11.7. The van der Waals surface area contributed by atoms with Crippen molar-refractivity contribution in [2.75, 3.05) is 10.3 Å². The molecule has 0 atom stereocenters. The summed E-state index contributed by atoms with van der Waals surface area (Å²) in [7, 11) is 0. The van der Waals surface area contributed by atoms with Crippen molar-refractivity contribution in [2.24, 2.45) is 10.3 Å². The first kappa shape index (κ1) is 17.9. The predicted octanol–water partition coefficient (Wildman–Crippen LogP) is 4.32. The Hall–Kier alpha value is -2.90. The summed E-state index contributed by atoms with van der Waals surface area (Å²) < 4.78 is 0. The van der Waals surface area contributed by atoms with Crippen LogP contribution in [0.5, 0.6) is 0 Å². The Morgan fingerprint density at radius 1 is 1.15 bits per heavy atom. The van der Waals surface area contributed by atoms with Gasteiger partial charge in [0, 0.05) is 5.69 Å². The zero-order valence-electron chi connectivity index (χ0n) is 13.4. The Labute approximate surface area is 158 Å². The minimum absolute atomic E-state index is 0.0573. The van der Waals surface area contributed by atoms with E-state index in [1.165, 1.54) is 17.1 Å². The molecule has 26 heavy (non-hydrogen) atoms. The molecule has 9 heteroatoms. The normalized spacial score (nSPS) is 15.2. The van der Waals surface area contributed by atoms with E-state index < -0.39 is 12.0 Å². The molecule has 0 bridgehead atoms. The maximum absolute atomic E-state index is 12.4. The molecule has 0 aliphatic carbocycles. The molecule has 2 amide bonds. The number of rotatable bonds is 3. The van der Waals surface area contributed by atoms with Gasteiger partial charge in [0.2, 0.25) is 0 Å². The SMILES string of the molecule is CC1=NN(c2ccccc2)C(=O)C1=NOC(=O)Nc1ccc(Cl)c(Cl)c1. The largest absolute Gasteiger partial charge is 0.437 e. The van der Waals surface area contributed by atoms with Crippen LogP contribution in [-0.4, -0.2) is 23.4 Å². The third kappa shape index (κ3) is 3.84. The van der Waals surface area contributed by atoms with E-state index in [2.05, 4.69) is 15.6 Å². The number of halogens is 2. The second-order valence-corrected chi connectivity index (χ2v) is 6.02. The van der Waals surface area contributed by atoms with E-state index in [1.807, 2.05) is 6.07 Å². The minimum Gasteiger partial charge on any atom is -0.297 e. The number of carbonyl (C=O) groups excluding carboxylic acids is 2. The molecular weight excluding hydrogens is 379 g/mol. The first-order valence-electron chi connectivity index (χ1n) is 7.42. The summed E-state index contributed by atoms with van der Waals surface area (Å²) in [5.74, 6) is -0.490. The summed E-state index contributed by atoms with van der Waals surface area (Å²) in [6, 6.07) is 13.4. The molecule has 2 aromatic rings. The smallest absolute Gasteiger partial charge is 0.297 e. The molecule has 2 aromatic carbocycles. The number of oxime groups is 1. The van der Waals surface area contributed by atoms with Crippen LogP contribution in [0.3, 0.4) is 0 Å². The highest BCUT2D eigenvalue weighted by molar-refractivity contribution is 6.71. The van der Waals surface area contributed by atoms with Gasteiger partial charge in [0.1, 0.15) is 0 Å². The predicted molar refractivity (Wildman–Crippen MR) is 101 cm³/mol. The topological polar surface area (TPSA) is 83.4 Å². The number of amides is 2. The highest BCUT2D eigenvalue weighted by atomic mass is 35.5. The molecule has 0 saturated carbocycles. The van der Waals surface area contributed by atoms with E-state index >= 15 is 0 Å². The van der Waals surface area contributed by atoms with Crippen molar-refractivity contribution in [3.63, 3.8) is 0 Å². The van der Waals surface area contributed by atoms with Gasteiger partial charge in [-0.05, 0) is 37.3 Å². The van der Waals surface area contributed by atoms with E-state index in [4.69, 9.17) is 28.0 Å². The molecule has 0 saturated heterocycles. The first-order valence-corrected chi connectivity index (χ1v) is 8.17. The Bertz CT molecular complexity index is 929. The van der Waals surface area contributed by atoms with Gasteiger partial charge in [-0.15, -0.1) is 0 Å². The Morgan fingerprint density at radius 2 is 1.88 bits per heavy atom. The molecule has 0 fully saturated rings. The molecule has 1 heterocycles. The van der Waals surface area contributed by atoms with Crippen molar-refractivity contribution < 1.29 is 14.4 Å². The van der Waals surface area contributed by atoms with Crippen LogP contribution in [0.4, 0.5) is 16.2 Å². The van der Waals surface area contributed by atoms with Gasteiger partial charge >= 0.3 is 12.0 Å². The summed E-state index contributed by atoms with van der Waals surface area (Å²) in [5.41, 5.74) is 1.24. The van der Waals surface area contributed by atoms with Gasteiger partial charge in [-0.2, -0.15) is 10.1 Å². The zero-order valence-corrected chi connectivity index (χ0v) is 15.0. The number of anilines is 2. The average Bonchev–Trinajstić information content (AvgIpc) is 2.91. The molecule has 3 rings (SSSR count). The monoisotopic (exact) mass is 390 g/mol. The third-order valence-corrected chi connectivity index (χ3v) is 4.11. The van der Waals surface area contributed by atoms with Gasteiger partial charge in [-0.25, -0.2) is 4.79 Å². The van der Waals surface area contributed by atoms with Crippen LogP contribution in [0.2, 0.25) is 10.0 Å². The van der Waals surface area contributed by atoms with E-state index in [0.29, 0.717) is 22.1 Å². The minimum atomic E-state index is -0.880. The van der Waals surface area contributed by atoms with Gasteiger partial charge in [-0.3, -0.25) is 14.9 Å². The number of nitrogens with one attached hydrogen (secondary N) is 1. The first-order chi connectivity index (χ1) is 12.5. The van der Waals surface area contributed by atoms with Crippen LogP contribution in [0.25, 0.3) is 0 Å². The van der Waals surface area contributed by atoms with Crippen molar-refractivity contribution in [2.45, 2.75) is 6.92 Å². The van der Waals surface area contributed by atoms with Gasteiger partial charge < -0.3 is 0 Å². The number of carbonyl (C=O) groups is 2. The van der Waals surface area contributed by atoms with Crippen molar-refractivity contribution in [1.29, 1.82) is 0 Å². The lowest BCUT2D eigenvalue weighted by atomic mass is 10.2. The molecule has 1 aliphatic heterocycles. The van der Waals surface area contributed by atoms with Crippen molar-refractivity contribution in [3.8, 4) is 0 Å². The Morgan fingerprint density at radius 3 is 2.58 bits per heavy atom. The number of nitrogens with zero attached hydrogens (tertiary/aromatic N) is 3. The van der Waals surface area contributed by atoms with E-state index in [-0.39, 0.29) is 10.7 Å². The molecular formula is C17H12Cl2N4O3. The summed E-state index contributed by atoms with van der Waals surface area (Å²) in [4.78, 5) is 29.0. The molecule has 0 unspecified atom stereocenters. The standard InChI is InChI=1S/C17H12Cl2N4O3/c1-10-15(16(24)23(21-10)12-5-3-2-4-6-12)22-26-17(25)20-11-7-8-13(18)14(19)9-11/h2-9H,1H3,(H,20,25). The summed E-state index contributed by atoms with van der Waals surface area (Å²) in [6.45, 7) is 1.60. The van der Waals surface area contributed by atoms with Crippen molar-refractivity contribution >= 4 is 58.0 Å². The molecule has 0 spiro atoms. The maximum Gasteiger partial charge on any atom is 0.437 e. The molecule has 1 N–H and O–H groups in total. The van der Waals surface area contributed by atoms with Gasteiger partial charge in [-0.1, -0.05) is 46.6 Å². The number of benzene rings is 2. The van der Waals surface area contributed by atoms with Crippen LogP contribution in [-0.2, 0) is 9.63 Å². The molecule has 0 aromatic heterocycles. The van der Waals surface area contributed by atoms with Crippen molar-refractivity contribution in [3.05, 3.63) is 58.6 Å². The second kappa shape index (κ2) is 7.55. The molecule has 7 nitrogen and oxygen atoms in total. The summed E-state index contributed by atoms with van der Waals surface area (Å²) in [5, 5.41) is 12.0. The van der Waals surface area contributed by atoms with Crippen LogP contribution in [0.15, 0.2) is 58.8 Å². The van der Waals surface area contributed by atoms with E-state index in [1.54, 1.807) is 37.3 Å². The summed E-state index contributed by atoms with van der Waals surface area (Å²) in [6.07, 6.45) is -0.880. The fourth-order valence-corrected chi connectivity index (χ4v) is 2.45. The quantitative estimate of drug-likeness (QED) is 0.625. The lowest BCUT2D eigenvalue weighted by molar-refractivity contribution is -0.112. The number of hydrazone groups is 1. The van der Waals surface area contributed by atoms with Crippen LogP contribution in [0.1, 0.15) is 6.92 Å². The fraction of sp³-hybridized carbons (Fsp3) is 0.0588.